The van der Waals surface area contributed by atoms with Crippen molar-refractivity contribution in [1.29, 1.82) is 0 Å². The fourth-order valence-electron chi connectivity index (χ4n) is 2.40. The van der Waals surface area contributed by atoms with E-state index in [1.54, 1.807) is 0 Å². The van der Waals surface area contributed by atoms with Crippen molar-refractivity contribution in [3.8, 4) is 0 Å². The third-order valence-corrected chi connectivity index (χ3v) is 3.31. The van der Waals surface area contributed by atoms with Gasteiger partial charge in [-0.05, 0) is 25.5 Å². The Kier molecular flexibility index (Phi) is 4.66. The summed E-state index contributed by atoms with van der Waals surface area (Å²) < 4.78 is 5.04. The van der Waals surface area contributed by atoms with E-state index in [4.69, 9.17) is 4.74 Å². The molecule has 0 unspecified atom stereocenters. The molecule has 1 aliphatic heterocycles. The summed E-state index contributed by atoms with van der Waals surface area (Å²) in [5.41, 5.74) is 2.35. The predicted octanol–water partition coefficient (Wildman–Crippen LogP) is 2.63. The van der Waals surface area contributed by atoms with E-state index in [-0.39, 0.29) is 5.97 Å². The number of nitrogens with zero attached hydrogens (tertiary/aromatic N) is 2. The number of rotatable bonds is 6. The number of esters is 1. The fraction of sp³-hybridized carbons (Fsp3) is 0.533. The highest BCUT2D eigenvalue weighted by atomic mass is 16.5. The largest absolute Gasteiger partial charge is 0.465 e. The van der Waals surface area contributed by atoms with Gasteiger partial charge in [-0.1, -0.05) is 25.5 Å². The van der Waals surface area contributed by atoms with E-state index < -0.39 is 0 Å². The molecule has 0 aliphatic carbocycles. The SMILES string of the molecule is CCCCN1CN(CC(=O)OCC)c2ccccc21. The molecule has 0 bridgehead atoms. The average molecular weight is 262 g/mol. The van der Waals surface area contributed by atoms with E-state index in [1.807, 2.05) is 19.1 Å². The Morgan fingerprint density at radius 2 is 1.89 bits per heavy atom. The molecule has 0 fully saturated rings. The third kappa shape index (κ3) is 3.19. The highest BCUT2D eigenvalue weighted by Gasteiger charge is 2.26. The minimum absolute atomic E-state index is 0.158. The van der Waals surface area contributed by atoms with Crippen LogP contribution >= 0.6 is 0 Å². The summed E-state index contributed by atoms with van der Waals surface area (Å²) in [4.78, 5) is 16.1. The zero-order valence-corrected chi connectivity index (χ0v) is 11.8. The van der Waals surface area contributed by atoms with Gasteiger partial charge in [0.15, 0.2) is 0 Å². The molecule has 0 N–H and O–H groups in total. The maximum Gasteiger partial charge on any atom is 0.325 e. The molecule has 1 heterocycles. The van der Waals surface area contributed by atoms with E-state index in [2.05, 4.69) is 28.9 Å². The molecule has 1 aliphatic rings. The Bertz CT molecular complexity index is 434. The van der Waals surface area contributed by atoms with Gasteiger partial charge in [-0.15, -0.1) is 0 Å². The summed E-state index contributed by atoms with van der Waals surface area (Å²) in [5, 5.41) is 0. The Hall–Kier alpha value is -1.71. The lowest BCUT2D eigenvalue weighted by atomic mass is 10.2. The Labute approximate surface area is 115 Å². The summed E-state index contributed by atoms with van der Waals surface area (Å²) in [6, 6.07) is 8.25. The summed E-state index contributed by atoms with van der Waals surface area (Å²) in [7, 11) is 0. The molecule has 1 aromatic carbocycles. The number of anilines is 2. The monoisotopic (exact) mass is 262 g/mol. The van der Waals surface area contributed by atoms with Gasteiger partial charge >= 0.3 is 5.97 Å². The van der Waals surface area contributed by atoms with E-state index in [1.165, 1.54) is 18.5 Å². The van der Waals surface area contributed by atoms with Crippen LogP contribution in [0.25, 0.3) is 0 Å². The number of benzene rings is 1. The molecule has 0 saturated carbocycles. The number of ether oxygens (including phenoxy) is 1. The Morgan fingerprint density at radius 1 is 1.21 bits per heavy atom. The lowest BCUT2D eigenvalue weighted by Crippen LogP contribution is -2.35. The first-order valence-electron chi connectivity index (χ1n) is 7.00. The number of carbonyl (C=O) groups excluding carboxylic acids is 1. The Balaban J connectivity index is 2.08. The van der Waals surface area contributed by atoms with Gasteiger partial charge in [0.1, 0.15) is 6.54 Å². The highest BCUT2D eigenvalue weighted by Crippen LogP contribution is 2.35. The van der Waals surface area contributed by atoms with Crippen LogP contribution in [0.15, 0.2) is 24.3 Å². The van der Waals surface area contributed by atoms with Crippen molar-refractivity contribution >= 4 is 17.3 Å². The van der Waals surface area contributed by atoms with Crippen LogP contribution in [-0.2, 0) is 9.53 Å². The molecule has 104 valence electrons. The van der Waals surface area contributed by atoms with E-state index in [0.29, 0.717) is 13.2 Å². The van der Waals surface area contributed by atoms with Crippen molar-refractivity contribution in [3.05, 3.63) is 24.3 Å². The van der Waals surface area contributed by atoms with Crippen LogP contribution in [0.4, 0.5) is 11.4 Å². The number of hydrogen-bond donors (Lipinski definition) is 0. The molecule has 0 saturated heterocycles. The maximum absolute atomic E-state index is 11.6. The number of unbranched alkanes of at least 4 members (excludes halogenated alkanes) is 1. The molecular weight excluding hydrogens is 240 g/mol. The first kappa shape index (κ1) is 13.7. The first-order chi connectivity index (χ1) is 9.26. The van der Waals surface area contributed by atoms with Crippen molar-refractivity contribution in [2.24, 2.45) is 0 Å². The topological polar surface area (TPSA) is 32.8 Å². The summed E-state index contributed by atoms with van der Waals surface area (Å²) >= 11 is 0. The predicted molar refractivity (Wildman–Crippen MR) is 77.5 cm³/mol. The molecule has 0 spiro atoms. The van der Waals surface area contributed by atoms with Gasteiger partial charge in [0, 0.05) is 6.54 Å². The van der Waals surface area contributed by atoms with Gasteiger partial charge in [0.2, 0.25) is 0 Å². The zero-order valence-electron chi connectivity index (χ0n) is 11.8. The Morgan fingerprint density at radius 3 is 2.53 bits per heavy atom. The van der Waals surface area contributed by atoms with Crippen molar-refractivity contribution in [2.45, 2.75) is 26.7 Å². The minimum Gasteiger partial charge on any atom is -0.465 e. The van der Waals surface area contributed by atoms with Gasteiger partial charge < -0.3 is 14.5 Å². The van der Waals surface area contributed by atoms with Crippen LogP contribution in [0.2, 0.25) is 0 Å². The fourth-order valence-corrected chi connectivity index (χ4v) is 2.40. The van der Waals surface area contributed by atoms with Crippen LogP contribution in [0.5, 0.6) is 0 Å². The molecule has 4 nitrogen and oxygen atoms in total. The quantitative estimate of drug-likeness (QED) is 0.738. The lowest BCUT2D eigenvalue weighted by molar-refractivity contribution is -0.141. The van der Waals surface area contributed by atoms with Crippen molar-refractivity contribution in [3.63, 3.8) is 0 Å². The minimum atomic E-state index is -0.158. The van der Waals surface area contributed by atoms with Gasteiger partial charge in [-0.25, -0.2) is 0 Å². The summed E-state index contributed by atoms with van der Waals surface area (Å²) in [6.07, 6.45) is 2.35. The van der Waals surface area contributed by atoms with Gasteiger partial charge in [0.05, 0.1) is 24.7 Å². The molecular formula is C15H22N2O2. The highest BCUT2D eigenvalue weighted by molar-refractivity contribution is 5.82. The number of hydrogen-bond acceptors (Lipinski definition) is 4. The average Bonchev–Trinajstić information content (AvgIpc) is 2.75. The second-order valence-electron chi connectivity index (χ2n) is 4.75. The van der Waals surface area contributed by atoms with E-state index in [9.17, 15) is 4.79 Å². The van der Waals surface area contributed by atoms with Gasteiger partial charge in [-0.2, -0.15) is 0 Å². The second kappa shape index (κ2) is 6.45. The molecule has 19 heavy (non-hydrogen) atoms. The van der Waals surface area contributed by atoms with Crippen LogP contribution in [0, 0.1) is 0 Å². The van der Waals surface area contributed by atoms with Crippen molar-refractivity contribution in [2.75, 3.05) is 36.2 Å². The molecule has 4 heteroatoms. The molecule has 0 aromatic heterocycles. The molecule has 0 amide bonds. The molecule has 1 aromatic rings. The second-order valence-corrected chi connectivity index (χ2v) is 4.75. The van der Waals surface area contributed by atoms with E-state index >= 15 is 0 Å². The van der Waals surface area contributed by atoms with Gasteiger partial charge in [0.25, 0.3) is 0 Å². The number of fused-ring (bicyclic) bond motifs is 1. The smallest absolute Gasteiger partial charge is 0.325 e. The summed E-state index contributed by atoms with van der Waals surface area (Å²) in [5.74, 6) is -0.158. The molecule has 0 atom stereocenters. The normalized spacial score (nSPS) is 13.6. The van der Waals surface area contributed by atoms with Crippen LogP contribution < -0.4 is 9.80 Å². The van der Waals surface area contributed by atoms with E-state index in [0.717, 1.165) is 18.9 Å². The van der Waals surface area contributed by atoms with Crippen LogP contribution in [0.1, 0.15) is 26.7 Å². The van der Waals surface area contributed by atoms with Crippen molar-refractivity contribution < 1.29 is 9.53 Å². The third-order valence-electron chi connectivity index (χ3n) is 3.31. The zero-order chi connectivity index (χ0) is 13.7. The molecule has 2 rings (SSSR count). The van der Waals surface area contributed by atoms with Crippen LogP contribution in [0.3, 0.4) is 0 Å². The van der Waals surface area contributed by atoms with Crippen LogP contribution in [-0.4, -0.2) is 32.3 Å². The van der Waals surface area contributed by atoms with Crippen molar-refractivity contribution in [1.82, 2.24) is 0 Å². The first-order valence-corrected chi connectivity index (χ1v) is 7.00. The lowest BCUT2D eigenvalue weighted by Gasteiger charge is -2.20. The molecule has 0 radical (unpaired) electrons. The number of para-hydroxylation sites is 2. The van der Waals surface area contributed by atoms with Gasteiger partial charge in [-0.3, -0.25) is 4.79 Å². The maximum atomic E-state index is 11.6. The number of carbonyl (C=O) groups is 1. The summed E-state index contributed by atoms with van der Waals surface area (Å²) in [6.45, 7) is 6.61. The standard InChI is InChI=1S/C15H22N2O2/c1-3-5-10-16-12-17(11-15(18)19-4-2)14-9-7-6-8-13(14)16/h6-9H,3-5,10-12H2,1-2H3.